The molecule has 0 saturated heterocycles. The van der Waals surface area contributed by atoms with Crippen LogP contribution in [0.2, 0.25) is 0 Å². The van der Waals surface area contributed by atoms with Crippen molar-refractivity contribution in [1.29, 1.82) is 0 Å². The molecule has 0 aliphatic rings. The maximum Gasteiger partial charge on any atom is 0.107 e. The topological polar surface area (TPSA) is 40.5 Å². The predicted octanol–water partition coefficient (Wildman–Crippen LogP) is 0.992. The summed E-state index contributed by atoms with van der Waals surface area (Å²) in [6.45, 7) is 0. The number of benzene rings is 1. The van der Waals surface area contributed by atoms with E-state index in [2.05, 4.69) is 18.5 Å². The highest BCUT2D eigenvalue weighted by atomic mass is 32.1. The van der Waals surface area contributed by atoms with Crippen LogP contribution in [-0.2, 0) is 0 Å². The van der Waals surface area contributed by atoms with Crippen molar-refractivity contribution in [2.24, 2.45) is 0 Å². The van der Waals surface area contributed by atoms with Crippen molar-refractivity contribution >= 4 is 12.6 Å². The van der Waals surface area contributed by atoms with Crippen molar-refractivity contribution in [3.63, 3.8) is 0 Å². The summed E-state index contributed by atoms with van der Waals surface area (Å²) in [5, 5.41) is 19.1. The van der Waals surface area contributed by atoms with Crippen molar-refractivity contribution in [1.82, 2.24) is 0 Å². The first-order valence-electron chi connectivity index (χ1n) is 4.23. The lowest BCUT2D eigenvalue weighted by Crippen LogP contribution is -2.20. The van der Waals surface area contributed by atoms with E-state index < -0.39 is 12.2 Å². The quantitative estimate of drug-likeness (QED) is 0.512. The fraction of sp³-hybridized carbons (Fsp3) is 0.273. The Hall–Kier alpha value is -0.950. The van der Waals surface area contributed by atoms with Gasteiger partial charge in [-0.05, 0) is 11.6 Å². The van der Waals surface area contributed by atoms with Crippen LogP contribution in [0.5, 0.6) is 0 Å². The van der Waals surface area contributed by atoms with E-state index in [1.54, 1.807) is 24.3 Å². The van der Waals surface area contributed by atoms with Crippen molar-refractivity contribution < 1.29 is 10.2 Å². The van der Waals surface area contributed by atoms with Gasteiger partial charge >= 0.3 is 0 Å². The Kier molecular flexibility index (Phi) is 4.02. The van der Waals surface area contributed by atoms with Gasteiger partial charge in [-0.25, -0.2) is 0 Å². The molecule has 2 atom stereocenters. The first kappa shape index (κ1) is 11.1. The lowest BCUT2D eigenvalue weighted by Gasteiger charge is -2.17. The number of terminal acetylenes is 1. The SMILES string of the molecule is C#Cc1ccccc1C(O)C(O)CS. The molecule has 0 aliphatic carbocycles. The van der Waals surface area contributed by atoms with E-state index >= 15 is 0 Å². The minimum atomic E-state index is -0.972. The van der Waals surface area contributed by atoms with Crippen molar-refractivity contribution in [3.05, 3.63) is 35.4 Å². The molecule has 1 rings (SSSR count). The standard InChI is InChI=1S/C11H12O2S/c1-2-8-5-3-4-6-9(8)11(13)10(12)7-14/h1,3-6,10-14H,7H2. The number of hydrogen-bond donors (Lipinski definition) is 3. The molecule has 2 unspecified atom stereocenters. The van der Waals surface area contributed by atoms with E-state index in [1.165, 1.54) is 0 Å². The fourth-order valence-corrected chi connectivity index (χ4v) is 1.39. The van der Waals surface area contributed by atoms with Gasteiger partial charge in [0.05, 0.1) is 6.10 Å². The number of hydrogen-bond acceptors (Lipinski definition) is 3. The van der Waals surface area contributed by atoms with Crippen LogP contribution in [0.15, 0.2) is 24.3 Å². The van der Waals surface area contributed by atoms with Crippen LogP contribution < -0.4 is 0 Å². The van der Waals surface area contributed by atoms with E-state index in [0.717, 1.165) is 0 Å². The molecule has 0 spiro atoms. The first-order chi connectivity index (χ1) is 6.70. The lowest BCUT2D eigenvalue weighted by molar-refractivity contribution is 0.0336. The molecule has 1 aromatic carbocycles. The Morgan fingerprint density at radius 2 is 2.00 bits per heavy atom. The zero-order valence-electron chi connectivity index (χ0n) is 7.59. The molecule has 14 heavy (non-hydrogen) atoms. The molecule has 0 saturated carbocycles. The largest absolute Gasteiger partial charge is 0.389 e. The Labute approximate surface area is 89.0 Å². The number of aliphatic hydroxyl groups excluding tert-OH is 2. The zero-order chi connectivity index (χ0) is 10.6. The van der Waals surface area contributed by atoms with Gasteiger partial charge in [-0.2, -0.15) is 12.6 Å². The van der Waals surface area contributed by atoms with E-state index in [4.69, 9.17) is 6.42 Å². The molecular weight excluding hydrogens is 196 g/mol. The first-order valence-corrected chi connectivity index (χ1v) is 4.86. The molecule has 0 radical (unpaired) electrons. The molecule has 0 aliphatic heterocycles. The van der Waals surface area contributed by atoms with Gasteiger partial charge in [0.25, 0.3) is 0 Å². The molecule has 0 amide bonds. The van der Waals surface area contributed by atoms with Gasteiger partial charge in [0.2, 0.25) is 0 Å². The molecule has 0 bridgehead atoms. The van der Waals surface area contributed by atoms with Gasteiger partial charge in [0.1, 0.15) is 6.10 Å². The number of rotatable bonds is 3. The van der Waals surface area contributed by atoms with Gasteiger partial charge < -0.3 is 10.2 Å². The third-order valence-electron chi connectivity index (χ3n) is 1.99. The monoisotopic (exact) mass is 208 g/mol. The summed E-state index contributed by atoms with van der Waals surface area (Å²) in [6.07, 6.45) is 3.40. The summed E-state index contributed by atoms with van der Waals surface area (Å²) >= 11 is 3.91. The zero-order valence-corrected chi connectivity index (χ0v) is 8.48. The number of aliphatic hydroxyl groups is 2. The van der Waals surface area contributed by atoms with E-state index in [0.29, 0.717) is 11.1 Å². The van der Waals surface area contributed by atoms with Gasteiger partial charge in [0, 0.05) is 11.3 Å². The summed E-state index contributed by atoms with van der Waals surface area (Å²) in [5.74, 6) is 2.65. The maximum atomic E-state index is 9.71. The third-order valence-corrected chi connectivity index (χ3v) is 2.36. The smallest absolute Gasteiger partial charge is 0.107 e. The average molecular weight is 208 g/mol. The van der Waals surface area contributed by atoms with E-state index in [1.807, 2.05) is 0 Å². The second-order valence-electron chi connectivity index (χ2n) is 2.93. The Morgan fingerprint density at radius 1 is 1.36 bits per heavy atom. The molecule has 2 nitrogen and oxygen atoms in total. The molecular formula is C11H12O2S. The molecule has 0 aromatic heterocycles. The summed E-state index contributed by atoms with van der Waals surface area (Å²) in [7, 11) is 0. The van der Waals surface area contributed by atoms with Crippen LogP contribution in [0.4, 0.5) is 0 Å². The summed E-state index contributed by atoms with van der Waals surface area (Å²) in [5.41, 5.74) is 1.16. The fourth-order valence-electron chi connectivity index (χ4n) is 1.19. The highest BCUT2D eigenvalue weighted by molar-refractivity contribution is 7.80. The summed E-state index contributed by atoms with van der Waals surface area (Å²) in [4.78, 5) is 0. The summed E-state index contributed by atoms with van der Waals surface area (Å²) < 4.78 is 0. The number of thiol groups is 1. The highest BCUT2D eigenvalue weighted by Gasteiger charge is 2.18. The molecule has 1 aromatic rings. The van der Waals surface area contributed by atoms with Crippen molar-refractivity contribution in [3.8, 4) is 12.3 Å². The molecule has 3 heteroatoms. The minimum Gasteiger partial charge on any atom is -0.389 e. The van der Waals surface area contributed by atoms with Crippen molar-refractivity contribution in [2.75, 3.05) is 5.75 Å². The Balaban J connectivity index is 3.01. The maximum absolute atomic E-state index is 9.71. The van der Waals surface area contributed by atoms with Gasteiger partial charge in [-0.1, -0.05) is 24.1 Å². The van der Waals surface area contributed by atoms with Crippen LogP contribution in [0, 0.1) is 12.3 Å². The second kappa shape index (κ2) is 5.06. The molecule has 74 valence electrons. The minimum absolute atomic E-state index is 0.195. The van der Waals surface area contributed by atoms with Gasteiger partial charge in [-0.3, -0.25) is 0 Å². The highest BCUT2D eigenvalue weighted by Crippen LogP contribution is 2.20. The van der Waals surface area contributed by atoms with E-state index in [9.17, 15) is 10.2 Å². The molecule has 2 N–H and O–H groups in total. The van der Waals surface area contributed by atoms with Crippen LogP contribution in [-0.4, -0.2) is 22.1 Å². The average Bonchev–Trinajstić information content (AvgIpc) is 2.26. The summed E-state index contributed by atoms with van der Waals surface area (Å²) in [6, 6.07) is 6.99. The van der Waals surface area contributed by atoms with Crippen LogP contribution in [0.25, 0.3) is 0 Å². The lowest BCUT2D eigenvalue weighted by atomic mass is 10.00. The van der Waals surface area contributed by atoms with Crippen LogP contribution >= 0.6 is 12.6 Å². The Morgan fingerprint density at radius 3 is 2.57 bits per heavy atom. The van der Waals surface area contributed by atoms with Crippen LogP contribution in [0.1, 0.15) is 17.2 Å². The van der Waals surface area contributed by atoms with Gasteiger partial charge in [0.15, 0.2) is 0 Å². The van der Waals surface area contributed by atoms with Gasteiger partial charge in [-0.15, -0.1) is 6.42 Å². The van der Waals surface area contributed by atoms with E-state index in [-0.39, 0.29) is 5.75 Å². The normalized spacial score (nSPS) is 14.4. The van der Waals surface area contributed by atoms with Crippen LogP contribution in [0.3, 0.4) is 0 Å². The second-order valence-corrected chi connectivity index (χ2v) is 3.29. The molecule has 0 fully saturated rings. The Bertz CT molecular complexity index is 343. The molecule has 0 heterocycles. The third kappa shape index (κ3) is 2.30. The van der Waals surface area contributed by atoms with Crippen molar-refractivity contribution in [2.45, 2.75) is 12.2 Å². The predicted molar refractivity (Wildman–Crippen MR) is 59.2 cm³/mol.